The zero-order valence-corrected chi connectivity index (χ0v) is 11.3. The molecule has 1 aromatic carbocycles. The summed E-state index contributed by atoms with van der Waals surface area (Å²) in [5, 5.41) is 2.66. The number of carbonyl (C=O) groups is 1. The van der Waals surface area contributed by atoms with Crippen LogP contribution in [0.15, 0.2) is 18.2 Å². The Balaban J connectivity index is 1.58. The highest BCUT2D eigenvalue weighted by Crippen LogP contribution is 2.50. The number of rotatable bonds is 5. The highest BCUT2D eigenvalue weighted by Gasteiger charge is 2.57. The van der Waals surface area contributed by atoms with E-state index in [-0.39, 0.29) is 18.7 Å². The van der Waals surface area contributed by atoms with Gasteiger partial charge in [-0.05, 0) is 17.7 Å². The Morgan fingerprint density at radius 1 is 1.52 bits per heavy atom. The van der Waals surface area contributed by atoms with Crippen molar-refractivity contribution in [2.24, 2.45) is 11.7 Å². The summed E-state index contributed by atoms with van der Waals surface area (Å²) in [6, 6.07) is 5.55. The lowest BCUT2D eigenvalue weighted by Gasteiger charge is -2.05. The summed E-state index contributed by atoms with van der Waals surface area (Å²) in [5.41, 5.74) is 8.04. The number of nitrogens with one attached hydrogen (secondary N) is 2. The lowest BCUT2D eigenvalue weighted by atomic mass is 10.2. The molecule has 0 bridgehead atoms. The zero-order chi connectivity index (χ0) is 15.0. The van der Waals surface area contributed by atoms with E-state index in [2.05, 4.69) is 15.3 Å². The van der Waals surface area contributed by atoms with Crippen LogP contribution in [0.2, 0.25) is 0 Å². The topological polar surface area (TPSA) is 83.8 Å². The third-order valence-electron chi connectivity index (χ3n) is 3.67. The number of fused-ring (bicyclic) bond motifs is 1. The van der Waals surface area contributed by atoms with Gasteiger partial charge in [0.15, 0.2) is 0 Å². The van der Waals surface area contributed by atoms with Gasteiger partial charge in [-0.15, -0.1) is 0 Å². The third kappa shape index (κ3) is 3.02. The Labute approximate surface area is 119 Å². The van der Waals surface area contributed by atoms with E-state index >= 15 is 0 Å². The van der Waals surface area contributed by atoms with E-state index in [4.69, 9.17) is 5.73 Å². The summed E-state index contributed by atoms with van der Waals surface area (Å²) in [4.78, 5) is 18.9. The average Bonchev–Trinajstić information content (AvgIpc) is 2.88. The smallest absolute Gasteiger partial charge is 0.252 e. The molecule has 5 nitrogen and oxygen atoms in total. The normalized spacial score (nSPS) is 19.7. The molecule has 112 valence electrons. The highest BCUT2D eigenvalue weighted by atomic mass is 19.3. The molecule has 0 aliphatic heterocycles. The molecule has 7 heteroatoms. The van der Waals surface area contributed by atoms with Gasteiger partial charge in [-0.2, -0.15) is 0 Å². The van der Waals surface area contributed by atoms with Crippen LogP contribution in [0.3, 0.4) is 0 Å². The van der Waals surface area contributed by atoms with Gasteiger partial charge in [0.1, 0.15) is 5.82 Å². The Hall–Kier alpha value is -2.02. The molecule has 1 unspecified atom stereocenters. The van der Waals surface area contributed by atoms with Gasteiger partial charge in [-0.25, -0.2) is 13.8 Å². The predicted octanol–water partition coefficient (Wildman–Crippen LogP) is 1.68. The molecule has 2 aromatic rings. The van der Waals surface area contributed by atoms with E-state index in [0.717, 1.165) is 16.6 Å². The van der Waals surface area contributed by atoms with Gasteiger partial charge >= 0.3 is 0 Å². The molecule has 1 aliphatic carbocycles. The van der Waals surface area contributed by atoms with Crippen LogP contribution in [-0.2, 0) is 17.9 Å². The number of aromatic amines is 1. The molecule has 1 heterocycles. The summed E-state index contributed by atoms with van der Waals surface area (Å²) in [6.07, 6.45) is -0.293. The maximum atomic E-state index is 12.7. The number of nitrogens with zero attached hydrogens (tertiary/aromatic N) is 1. The highest BCUT2D eigenvalue weighted by molar-refractivity contribution is 5.78. The monoisotopic (exact) mass is 294 g/mol. The van der Waals surface area contributed by atoms with Crippen LogP contribution in [0.5, 0.6) is 0 Å². The molecule has 1 atom stereocenters. The number of benzene rings is 1. The fourth-order valence-electron chi connectivity index (χ4n) is 2.30. The van der Waals surface area contributed by atoms with E-state index in [1.54, 1.807) is 0 Å². The number of H-pyrrole nitrogens is 1. The van der Waals surface area contributed by atoms with Crippen LogP contribution in [0.4, 0.5) is 8.78 Å². The Kier molecular flexibility index (Phi) is 3.36. The number of alkyl halides is 2. The van der Waals surface area contributed by atoms with Gasteiger partial charge in [0.25, 0.3) is 5.92 Å². The Morgan fingerprint density at radius 3 is 2.95 bits per heavy atom. The molecular formula is C14H16F2N4O. The van der Waals surface area contributed by atoms with Crippen molar-refractivity contribution >= 4 is 16.9 Å². The molecule has 1 amide bonds. The molecule has 1 saturated carbocycles. The van der Waals surface area contributed by atoms with Crippen molar-refractivity contribution < 1.29 is 13.6 Å². The Morgan fingerprint density at radius 2 is 2.29 bits per heavy atom. The summed E-state index contributed by atoms with van der Waals surface area (Å²) < 4.78 is 25.5. The van der Waals surface area contributed by atoms with Crippen LogP contribution < -0.4 is 11.1 Å². The van der Waals surface area contributed by atoms with E-state index in [1.807, 2.05) is 18.2 Å². The van der Waals surface area contributed by atoms with Gasteiger partial charge in [-0.3, -0.25) is 4.79 Å². The van der Waals surface area contributed by atoms with E-state index in [1.165, 1.54) is 0 Å². The first-order valence-corrected chi connectivity index (χ1v) is 6.80. The molecule has 1 aliphatic rings. The third-order valence-corrected chi connectivity index (χ3v) is 3.67. The van der Waals surface area contributed by atoms with Gasteiger partial charge in [0.2, 0.25) is 5.91 Å². The molecule has 0 saturated heterocycles. The average molecular weight is 294 g/mol. The van der Waals surface area contributed by atoms with Crippen molar-refractivity contribution in [2.45, 2.75) is 31.9 Å². The van der Waals surface area contributed by atoms with E-state index < -0.39 is 11.8 Å². The first-order valence-electron chi connectivity index (χ1n) is 6.80. The minimum Gasteiger partial charge on any atom is -0.352 e. The van der Waals surface area contributed by atoms with Crippen LogP contribution in [0.25, 0.3) is 11.0 Å². The first kappa shape index (κ1) is 13.9. The molecule has 1 fully saturated rings. The minimum absolute atomic E-state index is 0.114. The van der Waals surface area contributed by atoms with Crippen LogP contribution in [0, 0.1) is 5.92 Å². The number of nitrogens with two attached hydrogens (primary N) is 1. The maximum Gasteiger partial charge on any atom is 0.252 e. The quantitative estimate of drug-likeness (QED) is 0.784. The van der Waals surface area contributed by atoms with Gasteiger partial charge < -0.3 is 16.0 Å². The maximum absolute atomic E-state index is 12.7. The number of halogens is 2. The van der Waals surface area contributed by atoms with E-state index in [0.29, 0.717) is 18.9 Å². The largest absolute Gasteiger partial charge is 0.352 e. The van der Waals surface area contributed by atoms with Gasteiger partial charge in [0, 0.05) is 25.3 Å². The SMILES string of the molecule is NCc1nc2ccc(CNC(=O)CC3CC3(F)F)cc2[nH]1. The van der Waals surface area contributed by atoms with Crippen molar-refractivity contribution in [2.75, 3.05) is 0 Å². The molecule has 21 heavy (non-hydrogen) atoms. The number of aromatic nitrogens is 2. The van der Waals surface area contributed by atoms with Crippen molar-refractivity contribution in [1.29, 1.82) is 0 Å². The number of imidazole rings is 1. The lowest BCUT2D eigenvalue weighted by Crippen LogP contribution is -2.23. The van der Waals surface area contributed by atoms with Crippen LogP contribution in [-0.4, -0.2) is 21.8 Å². The predicted molar refractivity (Wildman–Crippen MR) is 73.5 cm³/mol. The fourth-order valence-corrected chi connectivity index (χ4v) is 2.30. The van der Waals surface area contributed by atoms with Crippen LogP contribution >= 0.6 is 0 Å². The molecule has 0 radical (unpaired) electrons. The van der Waals surface area contributed by atoms with Crippen molar-refractivity contribution in [3.05, 3.63) is 29.6 Å². The number of hydrogen-bond donors (Lipinski definition) is 3. The number of hydrogen-bond acceptors (Lipinski definition) is 3. The lowest BCUT2D eigenvalue weighted by molar-refractivity contribution is -0.122. The second-order valence-electron chi connectivity index (χ2n) is 5.38. The van der Waals surface area contributed by atoms with E-state index in [9.17, 15) is 13.6 Å². The van der Waals surface area contributed by atoms with Gasteiger partial charge in [-0.1, -0.05) is 6.07 Å². The Bertz CT molecular complexity index is 683. The second kappa shape index (κ2) is 5.07. The van der Waals surface area contributed by atoms with Crippen molar-refractivity contribution in [1.82, 2.24) is 15.3 Å². The number of amides is 1. The molecular weight excluding hydrogens is 278 g/mol. The van der Waals surface area contributed by atoms with Gasteiger partial charge in [0.05, 0.1) is 17.6 Å². The summed E-state index contributed by atoms with van der Waals surface area (Å²) in [5.74, 6) is -3.09. The summed E-state index contributed by atoms with van der Waals surface area (Å²) >= 11 is 0. The minimum atomic E-state index is -2.65. The molecule has 0 spiro atoms. The standard InChI is InChI=1S/C14H16F2N4O/c15-14(16)5-9(14)4-13(21)18-7-8-1-2-10-11(3-8)20-12(6-17)19-10/h1-3,9H,4-7,17H2,(H,18,21)(H,19,20). The number of carbonyl (C=O) groups excluding carboxylic acids is 1. The second-order valence-corrected chi connectivity index (χ2v) is 5.38. The van der Waals surface area contributed by atoms with Crippen LogP contribution in [0.1, 0.15) is 24.2 Å². The first-order chi connectivity index (χ1) is 9.98. The molecule has 4 N–H and O–H groups in total. The fraction of sp³-hybridized carbons (Fsp3) is 0.429. The van der Waals surface area contributed by atoms with Crippen molar-refractivity contribution in [3.63, 3.8) is 0 Å². The summed E-state index contributed by atoms with van der Waals surface area (Å²) in [7, 11) is 0. The van der Waals surface area contributed by atoms with Crippen molar-refractivity contribution in [3.8, 4) is 0 Å². The summed E-state index contributed by atoms with van der Waals surface area (Å²) in [6.45, 7) is 0.639. The zero-order valence-electron chi connectivity index (χ0n) is 11.3. The molecule has 1 aromatic heterocycles. The molecule has 3 rings (SSSR count).